The van der Waals surface area contributed by atoms with Crippen LogP contribution in [0.1, 0.15) is 99.5 Å². The van der Waals surface area contributed by atoms with Gasteiger partial charge in [0.25, 0.3) is 0 Å². The summed E-state index contributed by atoms with van der Waals surface area (Å²) in [5.41, 5.74) is 3.74. The Kier molecular flexibility index (Phi) is 18.7. The van der Waals surface area contributed by atoms with Crippen molar-refractivity contribution in [3.05, 3.63) is 82.9 Å². The molecule has 3 N–H and O–H groups in total. The van der Waals surface area contributed by atoms with Gasteiger partial charge in [-0.3, -0.25) is 28.8 Å². The molecule has 12 heteroatoms. The second-order valence-corrected chi connectivity index (χ2v) is 11.8. The lowest BCUT2D eigenvalue weighted by molar-refractivity contribution is -0.124. The molecule has 0 atom stereocenters. The van der Waals surface area contributed by atoms with E-state index in [0.717, 1.165) is 16.8 Å². The topological polar surface area (TPSA) is 161 Å². The number of benzene rings is 1. The maximum absolute atomic E-state index is 11.4. The van der Waals surface area contributed by atoms with Gasteiger partial charge in [0.2, 0.25) is 17.7 Å². The van der Waals surface area contributed by atoms with Crippen molar-refractivity contribution in [3.63, 3.8) is 0 Å². The highest BCUT2D eigenvalue weighted by Crippen LogP contribution is 2.07. The maximum atomic E-state index is 11.4. The molecule has 0 unspecified atom stereocenters. The van der Waals surface area contributed by atoms with Gasteiger partial charge < -0.3 is 20.7 Å². The minimum absolute atomic E-state index is 0.00376. The fraction of sp³-hybridized carbons (Fsp3) is 0.472. The summed E-state index contributed by atoms with van der Waals surface area (Å²) in [7, 11) is 1.85. The van der Waals surface area contributed by atoms with E-state index < -0.39 is 0 Å². The minimum atomic E-state index is -0.386. The maximum Gasteiger partial charge on any atom is 0.339 e. The number of nitrogens with one attached hydrogen (secondary N) is 3. The van der Waals surface area contributed by atoms with E-state index in [1.165, 1.54) is 6.20 Å². The largest absolute Gasteiger partial charge is 0.462 e. The predicted molar refractivity (Wildman–Crippen MR) is 185 cm³/mol. The lowest BCUT2D eigenvalue weighted by Gasteiger charge is -2.08. The molecular weight excluding hydrogens is 612 g/mol. The molecule has 0 aliphatic heterocycles. The summed E-state index contributed by atoms with van der Waals surface area (Å²) < 4.78 is 6.57. The number of ether oxygens (including phenoxy) is 1. The molecule has 0 aliphatic rings. The minimum Gasteiger partial charge on any atom is -0.462 e. The quantitative estimate of drug-likeness (QED) is 0.174. The van der Waals surface area contributed by atoms with Gasteiger partial charge >= 0.3 is 5.97 Å². The van der Waals surface area contributed by atoms with Gasteiger partial charge in [0.15, 0.2) is 5.78 Å². The van der Waals surface area contributed by atoms with Gasteiger partial charge in [0.1, 0.15) is 0 Å². The lowest BCUT2D eigenvalue weighted by atomic mass is 10.1. The number of hydrogen-bond acceptors (Lipinski definition) is 8. The van der Waals surface area contributed by atoms with E-state index in [1.54, 1.807) is 23.7 Å². The van der Waals surface area contributed by atoms with Crippen molar-refractivity contribution in [2.75, 3.05) is 6.61 Å². The number of Topliss-reactive ketones (excluding diaryl/α,β-unsaturated/α-hetero) is 1. The van der Waals surface area contributed by atoms with Crippen LogP contribution in [0.25, 0.3) is 0 Å². The molecule has 2 heterocycles. The fourth-order valence-electron chi connectivity index (χ4n) is 3.59. The van der Waals surface area contributed by atoms with E-state index in [0.29, 0.717) is 43.9 Å². The van der Waals surface area contributed by atoms with Crippen molar-refractivity contribution in [2.45, 2.75) is 81.4 Å². The third-order valence-corrected chi connectivity index (χ3v) is 6.63. The SMILES string of the molecule is CC(C)C(=O)NCc1ccn(C)n1.CCC(=O)c1ccc(CNC(=O)C(C)C)cc1.CCOC(=O)c1ccc(CNC(=O)C(C)C)nc1. The molecule has 3 rings (SSSR count). The predicted octanol–water partition coefficient (Wildman–Crippen LogP) is 4.77. The normalized spacial score (nSPS) is 10.3. The number of carbonyl (C=O) groups excluding carboxylic acids is 5. The first-order valence-corrected chi connectivity index (χ1v) is 16.2. The number of esters is 1. The fourth-order valence-corrected chi connectivity index (χ4v) is 3.59. The van der Waals surface area contributed by atoms with Crippen LogP contribution in [0.3, 0.4) is 0 Å². The van der Waals surface area contributed by atoms with Gasteiger partial charge in [0, 0.05) is 55.7 Å². The molecule has 1 aromatic carbocycles. The van der Waals surface area contributed by atoms with E-state index in [9.17, 15) is 24.0 Å². The Morgan fingerprint density at radius 2 is 1.19 bits per heavy atom. The molecule has 2 aromatic heterocycles. The Balaban J connectivity index is 0.000000365. The highest BCUT2D eigenvalue weighted by atomic mass is 16.5. The number of amides is 3. The molecule has 0 radical (unpaired) electrons. The molecule has 12 nitrogen and oxygen atoms in total. The second-order valence-electron chi connectivity index (χ2n) is 11.8. The molecule has 48 heavy (non-hydrogen) atoms. The van der Waals surface area contributed by atoms with Gasteiger partial charge in [-0.15, -0.1) is 0 Å². The molecule has 0 bridgehead atoms. The molecule has 262 valence electrons. The first-order valence-electron chi connectivity index (χ1n) is 16.2. The average Bonchev–Trinajstić information content (AvgIpc) is 3.50. The summed E-state index contributed by atoms with van der Waals surface area (Å²) in [5.74, 6) is -0.190. The zero-order valence-corrected chi connectivity index (χ0v) is 29.8. The lowest BCUT2D eigenvalue weighted by Crippen LogP contribution is -2.27. The van der Waals surface area contributed by atoms with Crippen LogP contribution < -0.4 is 16.0 Å². The third-order valence-electron chi connectivity index (χ3n) is 6.63. The van der Waals surface area contributed by atoms with Gasteiger partial charge in [-0.1, -0.05) is 72.7 Å². The number of aromatic nitrogens is 3. The molecule has 3 amide bonds. The van der Waals surface area contributed by atoms with Crippen molar-refractivity contribution in [1.29, 1.82) is 0 Å². The highest BCUT2D eigenvalue weighted by molar-refractivity contribution is 5.95. The van der Waals surface area contributed by atoms with Crippen LogP contribution in [-0.4, -0.2) is 50.8 Å². The van der Waals surface area contributed by atoms with E-state index in [4.69, 9.17) is 4.74 Å². The Bertz CT molecular complexity index is 1450. The van der Waals surface area contributed by atoms with Crippen LogP contribution in [0.15, 0.2) is 54.9 Å². The van der Waals surface area contributed by atoms with Crippen molar-refractivity contribution in [2.24, 2.45) is 24.8 Å². The zero-order valence-electron chi connectivity index (χ0n) is 29.8. The Labute approximate surface area is 284 Å². The zero-order chi connectivity index (χ0) is 36.2. The average molecular weight is 665 g/mol. The van der Waals surface area contributed by atoms with Gasteiger partial charge in [0.05, 0.1) is 36.6 Å². The third kappa shape index (κ3) is 16.1. The number of pyridine rings is 1. The molecule has 0 spiro atoms. The van der Waals surface area contributed by atoms with Gasteiger partial charge in [-0.05, 0) is 30.7 Å². The summed E-state index contributed by atoms with van der Waals surface area (Å²) in [6.07, 6.45) is 3.83. The van der Waals surface area contributed by atoms with Crippen molar-refractivity contribution in [3.8, 4) is 0 Å². The van der Waals surface area contributed by atoms with Gasteiger partial charge in [-0.25, -0.2) is 4.79 Å². The van der Waals surface area contributed by atoms with E-state index in [-0.39, 0.29) is 47.2 Å². The van der Waals surface area contributed by atoms with Crippen LogP contribution in [0, 0.1) is 17.8 Å². The van der Waals surface area contributed by atoms with Crippen LogP contribution in [0.2, 0.25) is 0 Å². The summed E-state index contributed by atoms with van der Waals surface area (Å²) in [6.45, 7) is 16.4. The summed E-state index contributed by atoms with van der Waals surface area (Å²) in [6, 6.07) is 12.6. The molecule has 0 saturated heterocycles. The van der Waals surface area contributed by atoms with E-state index in [1.807, 2.05) is 92.0 Å². The van der Waals surface area contributed by atoms with Gasteiger partial charge in [-0.2, -0.15) is 5.10 Å². The van der Waals surface area contributed by atoms with Crippen LogP contribution in [-0.2, 0) is 45.8 Å². The Hall–Kier alpha value is -4.87. The Morgan fingerprint density at radius 1 is 0.688 bits per heavy atom. The number of nitrogens with zero attached hydrogens (tertiary/aromatic N) is 3. The summed E-state index contributed by atoms with van der Waals surface area (Å²) >= 11 is 0. The van der Waals surface area contributed by atoms with E-state index >= 15 is 0 Å². The monoisotopic (exact) mass is 664 g/mol. The number of hydrogen-bond donors (Lipinski definition) is 3. The summed E-state index contributed by atoms with van der Waals surface area (Å²) in [4.78, 5) is 60.8. The first-order chi connectivity index (χ1) is 22.7. The van der Waals surface area contributed by atoms with E-state index in [2.05, 4.69) is 26.0 Å². The first kappa shape index (κ1) is 41.2. The van der Waals surface area contributed by atoms with Crippen molar-refractivity contribution in [1.82, 2.24) is 30.7 Å². The number of ketones is 1. The Morgan fingerprint density at radius 3 is 1.60 bits per heavy atom. The number of carbonyl (C=O) groups is 5. The van der Waals surface area contributed by atoms with Crippen molar-refractivity contribution < 1.29 is 28.7 Å². The molecular formula is C36H52N6O6. The second kappa shape index (κ2) is 21.8. The molecule has 3 aromatic rings. The smallest absolute Gasteiger partial charge is 0.339 e. The standard InChI is InChI=1S/C14H19NO2.C13H18N2O3.C9H15N3O/c1-4-13(16)12-7-5-11(6-8-12)9-15-14(17)10(2)3;1-4-18-13(17)10-5-6-11(14-7-10)8-15-12(16)9(2)3;1-7(2)9(13)10-6-8-4-5-12(3)11-8/h5-8,10H,4,9H2,1-3H3,(H,15,17);5-7,9H,4,8H2,1-3H3,(H,15,16);4-5,7H,6H2,1-3H3,(H,10,13). The number of rotatable bonds is 13. The molecule has 0 saturated carbocycles. The molecule has 0 fully saturated rings. The van der Waals surface area contributed by atoms with Crippen LogP contribution in [0.4, 0.5) is 0 Å². The number of aryl methyl sites for hydroxylation is 1. The van der Waals surface area contributed by atoms with Crippen molar-refractivity contribution >= 4 is 29.5 Å². The van der Waals surface area contributed by atoms with Crippen LogP contribution >= 0.6 is 0 Å². The summed E-state index contributed by atoms with van der Waals surface area (Å²) in [5, 5.41) is 12.5. The van der Waals surface area contributed by atoms with Crippen LogP contribution in [0.5, 0.6) is 0 Å². The highest BCUT2D eigenvalue weighted by Gasteiger charge is 2.10. The molecule has 0 aliphatic carbocycles.